The Morgan fingerprint density at radius 3 is 2.79 bits per heavy atom. The van der Waals surface area contributed by atoms with E-state index in [0.717, 1.165) is 29.7 Å². The minimum atomic E-state index is -0.341. The molecule has 1 unspecified atom stereocenters. The summed E-state index contributed by atoms with van der Waals surface area (Å²) in [5, 5.41) is 5.50. The van der Waals surface area contributed by atoms with Crippen LogP contribution in [0.25, 0.3) is 6.08 Å². The van der Waals surface area contributed by atoms with Crippen LogP contribution in [0.2, 0.25) is 0 Å². The van der Waals surface area contributed by atoms with Crippen molar-refractivity contribution >= 4 is 45.6 Å². The van der Waals surface area contributed by atoms with Crippen molar-refractivity contribution in [1.82, 2.24) is 0 Å². The molecule has 1 atom stereocenters. The summed E-state index contributed by atoms with van der Waals surface area (Å²) in [6.07, 6.45) is 6.13. The van der Waals surface area contributed by atoms with E-state index in [9.17, 15) is 9.59 Å². The van der Waals surface area contributed by atoms with Gasteiger partial charge in [0, 0.05) is 15.8 Å². The van der Waals surface area contributed by atoms with Gasteiger partial charge in [0.25, 0.3) is 0 Å². The fourth-order valence-corrected chi connectivity index (χ4v) is 5.47. The number of carbonyl (C=O) groups excluding carboxylic acids is 2. The third kappa shape index (κ3) is 4.73. The number of rotatable bonds is 5. The predicted molar refractivity (Wildman–Crippen MR) is 117 cm³/mol. The smallest absolute Gasteiger partial charge is 0.341 e. The summed E-state index contributed by atoms with van der Waals surface area (Å²) in [5.74, 6) is -0.00682. The monoisotopic (exact) mass is 417 g/mol. The number of ether oxygens (including phenoxy) is 1. The minimum Gasteiger partial charge on any atom is -0.462 e. The largest absolute Gasteiger partial charge is 0.462 e. The molecule has 4 nitrogen and oxygen atoms in total. The number of fused-ring (bicyclic) bond motifs is 1. The Kier molecular flexibility index (Phi) is 6.40. The first kappa shape index (κ1) is 20.8. The fourth-order valence-electron chi connectivity index (χ4n) is 3.53. The SMILES string of the molecule is CCOC(=O)c1c(NC(=O)C=Cc2cccs2)sc2c1CCC(C(C)(C)C)C2. The van der Waals surface area contributed by atoms with Crippen molar-refractivity contribution in [2.45, 2.75) is 47.0 Å². The molecule has 3 rings (SSSR count). The summed E-state index contributed by atoms with van der Waals surface area (Å²) in [5.41, 5.74) is 1.83. The van der Waals surface area contributed by atoms with Gasteiger partial charge in [-0.25, -0.2) is 4.79 Å². The summed E-state index contributed by atoms with van der Waals surface area (Å²) < 4.78 is 5.29. The molecule has 1 amide bonds. The Morgan fingerprint density at radius 2 is 2.14 bits per heavy atom. The Bertz CT molecular complexity index is 872. The van der Waals surface area contributed by atoms with Crippen LogP contribution in [0.1, 0.15) is 59.8 Å². The lowest BCUT2D eigenvalue weighted by molar-refractivity contribution is -0.111. The molecular weight excluding hydrogens is 390 g/mol. The summed E-state index contributed by atoms with van der Waals surface area (Å²) in [6, 6.07) is 3.90. The van der Waals surface area contributed by atoms with E-state index in [4.69, 9.17) is 4.74 Å². The van der Waals surface area contributed by atoms with Crippen molar-refractivity contribution in [3.05, 3.63) is 44.5 Å². The highest BCUT2D eigenvalue weighted by molar-refractivity contribution is 7.17. The number of carbonyl (C=O) groups is 2. The Labute approximate surface area is 174 Å². The molecule has 28 heavy (non-hydrogen) atoms. The highest BCUT2D eigenvalue weighted by Gasteiger charge is 2.34. The molecule has 1 aliphatic rings. The van der Waals surface area contributed by atoms with Crippen molar-refractivity contribution < 1.29 is 14.3 Å². The molecule has 0 spiro atoms. The molecule has 150 valence electrons. The van der Waals surface area contributed by atoms with Crippen molar-refractivity contribution in [1.29, 1.82) is 0 Å². The lowest BCUT2D eigenvalue weighted by atomic mass is 9.72. The van der Waals surface area contributed by atoms with E-state index in [1.807, 2.05) is 17.5 Å². The normalized spacial score (nSPS) is 16.8. The highest BCUT2D eigenvalue weighted by Crippen LogP contribution is 2.44. The Balaban J connectivity index is 1.86. The van der Waals surface area contributed by atoms with E-state index in [0.29, 0.717) is 23.1 Å². The number of esters is 1. The zero-order valence-corrected chi connectivity index (χ0v) is 18.5. The van der Waals surface area contributed by atoms with Gasteiger partial charge in [-0.15, -0.1) is 22.7 Å². The third-order valence-corrected chi connectivity index (χ3v) is 7.16. The first-order valence-electron chi connectivity index (χ1n) is 9.63. The van der Waals surface area contributed by atoms with Crippen molar-refractivity contribution in [3.8, 4) is 0 Å². The summed E-state index contributed by atoms with van der Waals surface area (Å²) in [4.78, 5) is 27.3. The van der Waals surface area contributed by atoms with Gasteiger partial charge in [0.2, 0.25) is 5.91 Å². The second-order valence-electron chi connectivity index (χ2n) is 8.07. The molecule has 2 heterocycles. The van der Waals surface area contributed by atoms with E-state index < -0.39 is 0 Å². The van der Waals surface area contributed by atoms with Gasteiger partial charge in [-0.1, -0.05) is 26.8 Å². The van der Waals surface area contributed by atoms with E-state index in [-0.39, 0.29) is 17.3 Å². The van der Waals surface area contributed by atoms with Crippen LogP contribution < -0.4 is 5.32 Å². The van der Waals surface area contributed by atoms with E-state index >= 15 is 0 Å². The molecule has 6 heteroatoms. The number of hydrogen-bond acceptors (Lipinski definition) is 5. The van der Waals surface area contributed by atoms with Crippen LogP contribution in [0.3, 0.4) is 0 Å². The second-order valence-corrected chi connectivity index (χ2v) is 10.2. The Hall–Kier alpha value is -1.92. The van der Waals surface area contributed by atoms with Crippen LogP contribution in [-0.2, 0) is 22.4 Å². The standard InChI is InChI=1S/C22H27NO3S2/c1-5-26-21(25)19-16-10-8-14(22(2,3)4)13-17(16)28-20(19)23-18(24)11-9-15-7-6-12-27-15/h6-7,9,11-12,14H,5,8,10,13H2,1-4H3,(H,23,24). The molecule has 0 fully saturated rings. The van der Waals surface area contributed by atoms with Crippen LogP contribution >= 0.6 is 22.7 Å². The van der Waals surface area contributed by atoms with E-state index in [1.165, 1.54) is 22.3 Å². The molecule has 2 aromatic rings. The van der Waals surface area contributed by atoms with Crippen LogP contribution in [0, 0.1) is 11.3 Å². The van der Waals surface area contributed by atoms with Gasteiger partial charge in [0.15, 0.2) is 0 Å². The van der Waals surface area contributed by atoms with Gasteiger partial charge in [0.05, 0.1) is 12.2 Å². The van der Waals surface area contributed by atoms with E-state index in [1.54, 1.807) is 24.3 Å². The average Bonchev–Trinajstić information content (AvgIpc) is 3.26. The first-order chi connectivity index (χ1) is 13.3. The zero-order valence-electron chi connectivity index (χ0n) is 16.8. The highest BCUT2D eigenvalue weighted by atomic mass is 32.1. The van der Waals surface area contributed by atoms with Crippen LogP contribution in [-0.4, -0.2) is 18.5 Å². The number of hydrogen-bond donors (Lipinski definition) is 1. The van der Waals surface area contributed by atoms with Crippen LogP contribution in [0.15, 0.2) is 23.6 Å². The lowest BCUT2D eigenvalue weighted by Crippen LogP contribution is -2.26. The topological polar surface area (TPSA) is 55.4 Å². The van der Waals surface area contributed by atoms with Gasteiger partial charge in [-0.05, 0) is 60.6 Å². The molecule has 2 aromatic heterocycles. The Morgan fingerprint density at radius 1 is 1.36 bits per heavy atom. The second kappa shape index (κ2) is 8.62. The van der Waals surface area contributed by atoms with Crippen molar-refractivity contribution in [2.24, 2.45) is 11.3 Å². The third-order valence-electron chi connectivity index (χ3n) is 5.15. The van der Waals surface area contributed by atoms with Gasteiger partial charge in [0.1, 0.15) is 5.00 Å². The first-order valence-corrected chi connectivity index (χ1v) is 11.3. The molecule has 0 saturated heterocycles. The van der Waals surface area contributed by atoms with Gasteiger partial charge >= 0.3 is 5.97 Å². The molecule has 1 N–H and O–H groups in total. The van der Waals surface area contributed by atoms with E-state index in [2.05, 4.69) is 26.1 Å². The summed E-state index contributed by atoms with van der Waals surface area (Å²) in [6.45, 7) is 8.91. The minimum absolute atomic E-state index is 0.221. The zero-order chi connectivity index (χ0) is 20.3. The van der Waals surface area contributed by atoms with Gasteiger partial charge in [-0.3, -0.25) is 4.79 Å². The summed E-state index contributed by atoms with van der Waals surface area (Å²) >= 11 is 3.10. The average molecular weight is 418 g/mol. The molecule has 0 aromatic carbocycles. The quantitative estimate of drug-likeness (QED) is 0.495. The molecular formula is C22H27NO3S2. The molecule has 0 aliphatic heterocycles. The lowest BCUT2D eigenvalue weighted by Gasteiger charge is -2.33. The number of nitrogens with one attached hydrogen (secondary N) is 1. The number of anilines is 1. The van der Waals surface area contributed by atoms with Crippen LogP contribution in [0.4, 0.5) is 5.00 Å². The maximum Gasteiger partial charge on any atom is 0.341 e. The number of thiophene rings is 2. The van der Waals surface area contributed by atoms with Crippen molar-refractivity contribution in [2.75, 3.05) is 11.9 Å². The molecule has 1 aliphatic carbocycles. The maximum absolute atomic E-state index is 12.6. The summed E-state index contributed by atoms with van der Waals surface area (Å²) in [7, 11) is 0. The van der Waals surface area contributed by atoms with Gasteiger partial charge in [-0.2, -0.15) is 0 Å². The molecule has 0 saturated carbocycles. The predicted octanol–water partition coefficient (Wildman–Crippen LogP) is 5.79. The molecule has 0 bridgehead atoms. The van der Waals surface area contributed by atoms with Crippen molar-refractivity contribution in [3.63, 3.8) is 0 Å². The fraction of sp³-hybridized carbons (Fsp3) is 0.455. The maximum atomic E-state index is 12.6. The van der Waals surface area contributed by atoms with Gasteiger partial charge < -0.3 is 10.1 Å². The molecule has 0 radical (unpaired) electrons. The number of amides is 1. The van der Waals surface area contributed by atoms with Crippen LogP contribution in [0.5, 0.6) is 0 Å².